The quantitative estimate of drug-likeness (QED) is 0.724. The monoisotopic (exact) mass is 299 g/mol. The predicted molar refractivity (Wildman–Crippen MR) is 92.1 cm³/mol. The summed E-state index contributed by atoms with van der Waals surface area (Å²) in [5, 5.41) is 3.37. The van der Waals surface area contributed by atoms with E-state index in [1.165, 1.54) is 11.1 Å². The van der Waals surface area contributed by atoms with Gasteiger partial charge in [0.25, 0.3) is 0 Å². The molecule has 118 valence electrons. The average molecular weight is 299 g/mol. The Kier molecular flexibility index (Phi) is 6.13. The maximum atomic E-state index is 5.89. The summed E-state index contributed by atoms with van der Waals surface area (Å²) in [6.45, 7) is 8.39. The number of hydrogen-bond acceptors (Lipinski definition) is 3. The second-order valence-electron chi connectivity index (χ2n) is 5.37. The Balaban J connectivity index is 1.81. The molecule has 2 aromatic carbocycles. The third-order valence-corrected chi connectivity index (χ3v) is 3.39. The van der Waals surface area contributed by atoms with Crippen LogP contribution in [0.1, 0.15) is 24.5 Å². The molecule has 0 radical (unpaired) electrons. The van der Waals surface area contributed by atoms with E-state index in [-0.39, 0.29) is 0 Å². The lowest BCUT2D eigenvalue weighted by Gasteiger charge is -2.13. The molecule has 0 aliphatic rings. The van der Waals surface area contributed by atoms with Gasteiger partial charge in [-0.3, -0.25) is 0 Å². The minimum atomic E-state index is 0.631. The van der Waals surface area contributed by atoms with Crippen LogP contribution in [0.5, 0.6) is 11.5 Å². The zero-order valence-electron chi connectivity index (χ0n) is 13.7. The molecule has 0 aliphatic heterocycles. The van der Waals surface area contributed by atoms with Gasteiger partial charge in [-0.25, -0.2) is 0 Å². The van der Waals surface area contributed by atoms with Crippen LogP contribution in [0.3, 0.4) is 0 Å². The van der Waals surface area contributed by atoms with Crippen molar-refractivity contribution in [3.8, 4) is 11.5 Å². The summed E-state index contributed by atoms with van der Waals surface area (Å²) in [6.07, 6.45) is 1.02. The normalized spacial score (nSPS) is 10.3. The smallest absolute Gasteiger partial charge is 0.125 e. The van der Waals surface area contributed by atoms with Crippen LogP contribution in [0, 0.1) is 13.8 Å². The number of anilines is 1. The van der Waals surface area contributed by atoms with Crippen molar-refractivity contribution in [1.82, 2.24) is 0 Å². The van der Waals surface area contributed by atoms with Crippen molar-refractivity contribution in [1.29, 1.82) is 0 Å². The van der Waals surface area contributed by atoms with Gasteiger partial charge in [0.15, 0.2) is 0 Å². The zero-order valence-corrected chi connectivity index (χ0v) is 13.7. The van der Waals surface area contributed by atoms with E-state index in [0.29, 0.717) is 6.61 Å². The maximum Gasteiger partial charge on any atom is 0.125 e. The van der Waals surface area contributed by atoms with Crippen LogP contribution in [0.4, 0.5) is 5.69 Å². The van der Waals surface area contributed by atoms with E-state index >= 15 is 0 Å². The van der Waals surface area contributed by atoms with E-state index in [0.717, 1.165) is 36.8 Å². The van der Waals surface area contributed by atoms with Gasteiger partial charge < -0.3 is 14.8 Å². The third kappa shape index (κ3) is 4.69. The molecular formula is C19H25NO2. The SMILES string of the molecule is CCCOc1cccc(NCCOc2c(C)cccc2C)c1. The lowest BCUT2D eigenvalue weighted by atomic mass is 10.1. The summed E-state index contributed by atoms with van der Waals surface area (Å²) >= 11 is 0. The molecule has 0 saturated heterocycles. The fourth-order valence-electron chi connectivity index (χ4n) is 2.29. The Morgan fingerprint density at radius 2 is 1.64 bits per heavy atom. The van der Waals surface area contributed by atoms with Gasteiger partial charge in [0.2, 0.25) is 0 Å². The van der Waals surface area contributed by atoms with Crippen molar-refractivity contribution in [3.63, 3.8) is 0 Å². The van der Waals surface area contributed by atoms with Crippen LogP contribution in [0.25, 0.3) is 0 Å². The van der Waals surface area contributed by atoms with Gasteiger partial charge in [-0.1, -0.05) is 31.2 Å². The summed E-state index contributed by atoms with van der Waals surface area (Å²) in [7, 11) is 0. The highest BCUT2D eigenvalue weighted by Gasteiger charge is 2.02. The molecule has 0 atom stereocenters. The summed E-state index contributed by atoms with van der Waals surface area (Å²) in [5.41, 5.74) is 3.41. The molecule has 22 heavy (non-hydrogen) atoms. The molecule has 0 bridgehead atoms. The molecule has 0 saturated carbocycles. The van der Waals surface area contributed by atoms with E-state index in [9.17, 15) is 0 Å². The van der Waals surface area contributed by atoms with Gasteiger partial charge in [0.05, 0.1) is 6.61 Å². The molecule has 0 unspecified atom stereocenters. The van der Waals surface area contributed by atoms with Gasteiger partial charge in [0, 0.05) is 18.3 Å². The highest BCUT2D eigenvalue weighted by molar-refractivity contribution is 5.48. The molecule has 1 N–H and O–H groups in total. The number of para-hydroxylation sites is 1. The largest absolute Gasteiger partial charge is 0.494 e. The molecule has 0 spiro atoms. The number of nitrogens with one attached hydrogen (secondary N) is 1. The molecule has 0 fully saturated rings. The topological polar surface area (TPSA) is 30.5 Å². The molecule has 0 aromatic heterocycles. The summed E-state index contributed by atoms with van der Waals surface area (Å²) < 4.78 is 11.5. The van der Waals surface area contributed by atoms with Crippen LogP contribution >= 0.6 is 0 Å². The Morgan fingerprint density at radius 3 is 2.36 bits per heavy atom. The Morgan fingerprint density at radius 1 is 0.909 bits per heavy atom. The first-order valence-electron chi connectivity index (χ1n) is 7.86. The number of aryl methyl sites for hydroxylation is 2. The van der Waals surface area contributed by atoms with Crippen LogP contribution < -0.4 is 14.8 Å². The average Bonchev–Trinajstić information content (AvgIpc) is 2.52. The van der Waals surface area contributed by atoms with E-state index in [4.69, 9.17) is 9.47 Å². The molecular weight excluding hydrogens is 274 g/mol. The van der Waals surface area contributed by atoms with Gasteiger partial charge >= 0.3 is 0 Å². The molecule has 3 heteroatoms. The lowest BCUT2D eigenvalue weighted by molar-refractivity contribution is 0.317. The Labute approximate surface area is 133 Å². The molecule has 0 heterocycles. The van der Waals surface area contributed by atoms with Crippen LogP contribution in [0.2, 0.25) is 0 Å². The van der Waals surface area contributed by atoms with Crippen molar-refractivity contribution >= 4 is 5.69 Å². The predicted octanol–water partition coefficient (Wildman–Crippen LogP) is 4.58. The first kappa shape index (κ1) is 16.2. The Hall–Kier alpha value is -2.16. The lowest BCUT2D eigenvalue weighted by Crippen LogP contribution is -2.12. The zero-order chi connectivity index (χ0) is 15.8. The van der Waals surface area contributed by atoms with Crippen LogP contribution in [-0.2, 0) is 0 Å². The molecule has 0 amide bonds. The standard InChI is InChI=1S/C19H25NO2/c1-4-12-21-18-10-6-9-17(14-18)20-11-13-22-19-15(2)7-5-8-16(19)3/h5-10,14,20H,4,11-13H2,1-3H3. The Bertz CT molecular complexity index is 575. The van der Waals surface area contributed by atoms with Gasteiger partial charge in [0.1, 0.15) is 18.1 Å². The van der Waals surface area contributed by atoms with Crippen molar-refractivity contribution in [2.24, 2.45) is 0 Å². The molecule has 0 aliphatic carbocycles. The first-order valence-corrected chi connectivity index (χ1v) is 7.86. The fraction of sp³-hybridized carbons (Fsp3) is 0.368. The fourth-order valence-corrected chi connectivity index (χ4v) is 2.29. The van der Waals surface area contributed by atoms with Gasteiger partial charge in [-0.15, -0.1) is 0 Å². The molecule has 3 nitrogen and oxygen atoms in total. The van der Waals surface area contributed by atoms with Crippen LogP contribution in [0.15, 0.2) is 42.5 Å². The maximum absolute atomic E-state index is 5.89. The summed E-state index contributed by atoms with van der Waals surface area (Å²) in [5.74, 6) is 1.90. The first-order chi connectivity index (χ1) is 10.7. The van der Waals surface area contributed by atoms with Crippen molar-refractivity contribution in [3.05, 3.63) is 53.6 Å². The van der Waals surface area contributed by atoms with Crippen LogP contribution in [-0.4, -0.2) is 19.8 Å². The number of benzene rings is 2. The van der Waals surface area contributed by atoms with E-state index in [1.54, 1.807) is 0 Å². The third-order valence-electron chi connectivity index (χ3n) is 3.39. The second kappa shape index (κ2) is 8.32. The number of rotatable bonds is 8. The van der Waals surface area contributed by atoms with Gasteiger partial charge in [-0.2, -0.15) is 0 Å². The second-order valence-corrected chi connectivity index (χ2v) is 5.37. The van der Waals surface area contributed by atoms with Gasteiger partial charge in [-0.05, 0) is 43.5 Å². The van der Waals surface area contributed by atoms with E-state index in [2.05, 4.69) is 44.3 Å². The highest BCUT2D eigenvalue weighted by Crippen LogP contribution is 2.22. The summed E-state index contributed by atoms with van der Waals surface area (Å²) in [6, 6.07) is 14.2. The van der Waals surface area contributed by atoms with Crippen molar-refractivity contribution in [2.75, 3.05) is 25.1 Å². The number of ether oxygens (including phenoxy) is 2. The number of hydrogen-bond donors (Lipinski definition) is 1. The highest BCUT2D eigenvalue weighted by atomic mass is 16.5. The minimum absolute atomic E-state index is 0.631. The van der Waals surface area contributed by atoms with Crippen molar-refractivity contribution in [2.45, 2.75) is 27.2 Å². The van der Waals surface area contributed by atoms with E-state index in [1.807, 2.05) is 24.3 Å². The van der Waals surface area contributed by atoms with E-state index < -0.39 is 0 Å². The van der Waals surface area contributed by atoms with Crippen molar-refractivity contribution < 1.29 is 9.47 Å². The minimum Gasteiger partial charge on any atom is -0.494 e. The summed E-state index contributed by atoms with van der Waals surface area (Å²) in [4.78, 5) is 0. The molecule has 2 rings (SSSR count). The molecule has 2 aromatic rings.